The second kappa shape index (κ2) is 26.8. The first-order valence-corrected chi connectivity index (χ1v) is 13.3. The fourth-order valence-electron chi connectivity index (χ4n) is 3.07. The summed E-state index contributed by atoms with van der Waals surface area (Å²) in [6.07, 6.45) is 20.4. The highest BCUT2D eigenvalue weighted by atomic mass is 32.2. The Morgan fingerprint density at radius 1 is 0.484 bits per heavy atom. The summed E-state index contributed by atoms with van der Waals surface area (Å²) in [7, 11) is 0. The molecule has 7 heteroatoms. The van der Waals surface area contributed by atoms with E-state index in [0.29, 0.717) is 17.9 Å². The molecule has 0 aromatic heterocycles. The van der Waals surface area contributed by atoms with Crippen LogP contribution in [0, 0.1) is 0 Å². The number of hydrogen-bond donors (Lipinski definition) is 3. The fourth-order valence-corrected chi connectivity index (χ4v) is 3.91. The van der Waals surface area contributed by atoms with E-state index in [0.717, 1.165) is 12.8 Å². The van der Waals surface area contributed by atoms with Crippen LogP contribution < -0.4 is 0 Å². The molecule has 0 fully saturated rings. The van der Waals surface area contributed by atoms with Gasteiger partial charge in [-0.3, -0.25) is 14.4 Å². The maximum absolute atomic E-state index is 10.3. The highest BCUT2D eigenvalue weighted by Crippen LogP contribution is 2.13. The lowest BCUT2D eigenvalue weighted by molar-refractivity contribution is -0.138. The van der Waals surface area contributed by atoms with Crippen LogP contribution in [0.2, 0.25) is 0 Å². The lowest BCUT2D eigenvalue weighted by atomic mass is 10.0. The van der Waals surface area contributed by atoms with Gasteiger partial charge < -0.3 is 15.3 Å². The molecule has 0 rings (SSSR count). The van der Waals surface area contributed by atoms with Gasteiger partial charge in [0.05, 0.1) is 12.8 Å². The second-order valence-electron chi connectivity index (χ2n) is 7.99. The van der Waals surface area contributed by atoms with Crippen LogP contribution in [0.1, 0.15) is 122 Å². The van der Waals surface area contributed by atoms with E-state index in [1.807, 2.05) is 0 Å². The molecule has 0 aromatic carbocycles. The van der Waals surface area contributed by atoms with Gasteiger partial charge in [-0.1, -0.05) is 96.8 Å². The van der Waals surface area contributed by atoms with E-state index in [9.17, 15) is 14.4 Å². The zero-order chi connectivity index (χ0) is 23.6. The average Bonchev–Trinajstić information content (AvgIpc) is 2.70. The normalized spacial score (nSPS) is 10.4. The summed E-state index contributed by atoms with van der Waals surface area (Å²) in [6, 6.07) is 0. The largest absolute Gasteiger partial charge is 0.481 e. The monoisotopic (exact) mass is 462 g/mol. The van der Waals surface area contributed by atoms with Crippen molar-refractivity contribution in [3.05, 3.63) is 0 Å². The van der Waals surface area contributed by atoms with Crippen molar-refractivity contribution in [1.29, 1.82) is 0 Å². The van der Waals surface area contributed by atoms with E-state index < -0.39 is 17.9 Å². The van der Waals surface area contributed by atoms with Crippen molar-refractivity contribution >= 4 is 29.7 Å². The van der Waals surface area contributed by atoms with Gasteiger partial charge in [-0.2, -0.15) is 11.8 Å². The third kappa shape index (κ3) is 36.5. The van der Waals surface area contributed by atoms with Crippen LogP contribution >= 0.6 is 11.8 Å². The lowest BCUT2D eigenvalue weighted by Gasteiger charge is -2.03. The van der Waals surface area contributed by atoms with Crippen molar-refractivity contribution in [1.82, 2.24) is 0 Å². The van der Waals surface area contributed by atoms with Crippen molar-refractivity contribution in [3.63, 3.8) is 0 Å². The molecule has 0 heterocycles. The number of carbonyl (C=O) groups is 3. The van der Waals surface area contributed by atoms with Crippen LogP contribution in [0.15, 0.2) is 0 Å². The highest BCUT2D eigenvalue weighted by Gasteiger charge is 1.99. The van der Waals surface area contributed by atoms with Crippen LogP contribution in [-0.2, 0) is 14.4 Å². The number of rotatable bonds is 22. The first kappa shape index (κ1) is 31.9. The van der Waals surface area contributed by atoms with Crippen molar-refractivity contribution < 1.29 is 29.7 Å². The molecule has 31 heavy (non-hydrogen) atoms. The Labute approximate surface area is 193 Å². The first-order valence-electron chi connectivity index (χ1n) is 12.1. The SMILES string of the molecule is CCCCCCCCCCCCCCCCCC(=O)O.O=C(O)CCSCCC(=O)O. The number of unbranched alkanes of at least 4 members (excludes halogenated alkanes) is 14. The average molecular weight is 463 g/mol. The van der Waals surface area contributed by atoms with E-state index >= 15 is 0 Å². The minimum atomic E-state index is -0.840. The molecule has 0 bridgehead atoms. The maximum atomic E-state index is 10.3. The molecule has 0 spiro atoms. The van der Waals surface area contributed by atoms with Crippen LogP contribution in [0.3, 0.4) is 0 Å². The zero-order valence-corrected chi connectivity index (χ0v) is 20.4. The molecule has 0 aliphatic rings. The minimum absolute atomic E-state index is 0.101. The molecule has 6 nitrogen and oxygen atoms in total. The standard InChI is InChI=1S/C18H36O2.C6H10O4S/c1-2-3-4-5-6-7-8-9-10-11-12-13-14-15-16-17-18(19)20;7-5(8)1-3-11-4-2-6(9)10/h2-17H2,1H3,(H,19,20);1-4H2,(H,7,8)(H,9,10). The van der Waals surface area contributed by atoms with Gasteiger partial charge in [-0.05, 0) is 6.42 Å². The van der Waals surface area contributed by atoms with Crippen molar-refractivity contribution in [2.45, 2.75) is 122 Å². The molecule has 0 aliphatic carbocycles. The molecule has 0 radical (unpaired) electrons. The summed E-state index contributed by atoms with van der Waals surface area (Å²) in [5, 5.41) is 24.9. The number of carboxylic acids is 3. The summed E-state index contributed by atoms with van der Waals surface area (Å²) < 4.78 is 0. The number of carboxylic acid groups (broad SMARTS) is 3. The molecule has 0 amide bonds. The van der Waals surface area contributed by atoms with Crippen LogP contribution in [-0.4, -0.2) is 44.7 Å². The molecule has 0 saturated carbocycles. The Morgan fingerprint density at radius 2 is 0.774 bits per heavy atom. The van der Waals surface area contributed by atoms with Gasteiger partial charge in [0.25, 0.3) is 0 Å². The third-order valence-corrected chi connectivity index (χ3v) is 5.90. The molecule has 184 valence electrons. The van der Waals surface area contributed by atoms with E-state index in [1.165, 1.54) is 95.2 Å². The number of hydrogen-bond acceptors (Lipinski definition) is 4. The quantitative estimate of drug-likeness (QED) is 0.148. The predicted molar refractivity (Wildman–Crippen MR) is 129 cm³/mol. The molecule has 0 unspecified atom stereocenters. The second-order valence-corrected chi connectivity index (χ2v) is 9.22. The van der Waals surface area contributed by atoms with Gasteiger partial charge in [0.15, 0.2) is 0 Å². The Hall–Kier alpha value is -1.24. The smallest absolute Gasteiger partial charge is 0.304 e. The summed E-state index contributed by atoms with van der Waals surface area (Å²) >= 11 is 1.35. The topological polar surface area (TPSA) is 112 Å². The van der Waals surface area contributed by atoms with Crippen LogP contribution in [0.25, 0.3) is 0 Å². The lowest BCUT2D eigenvalue weighted by Crippen LogP contribution is -1.99. The number of thioether (sulfide) groups is 1. The minimum Gasteiger partial charge on any atom is -0.481 e. The Balaban J connectivity index is 0. The molecule has 0 saturated heterocycles. The third-order valence-electron chi connectivity index (χ3n) is 4.91. The van der Waals surface area contributed by atoms with E-state index in [1.54, 1.807) is 0 Å². The summed E-state index contributed by atoms with van der Waals surface area (Å²) in [5.74, 6) is -1.36. The molecule has 0 aromatic rings. The van der Waals surface area contributed by atoms with E-state index in [-0.39, 0.29) is 12.8 Å². The Bertz CT molecular complexity index is 412. The molecular weight excluding hydrogens is 416 g/mol. The summed E-state index contributed by atoms with van der Waals surface area (Å²) in [6.45, 7) is 2.27. The maximum Gasteiger partial charge on any atom is 0.304 e. The van der Waals surface area contributed by atoms with Crippen molar-refractivity contribution in [3.8, 4) is 0 Å². The first-order chi connectivity index (χ1) is 14.9. The van der Waals surface area contributed by atoms with Crippen LogP contribution in [0.5, 0.6) is 0 Å². The van der Waals surface area contributed by atoms with Gasteiger partial charge in [-0.15, -0.1) is 0 Å². The summed E-state index contributed by atoms with van der Waals surface area (Å²) in [4.78, 5) is 30.3. The van der Waals surface area contributed by atoms with E-state index in [2.05, 4.69) is 6.92 Å². The molecule has 0 aliphatic heterocycles. The van der Waals surface area contributed by atoms with Gasteiger partial charge in [-0.25, -0.2) is 0 Å². The Morgan fingerprint density at radius 3 is 1.06 bits per heavy atom. The highest BCUT2D eigenvalue weighted by molar-refractivity contribution is 7.99. The molecular formula is C24H46O6S. The molecule has 3 N–H and O–H groups in total. The number of aliphatic carboxylic acids is 3. The van der Waals surface area contributed by atoms with Gasteiger partial charge in [0, 0.05) is 17.9 Å². The van der Waals surface area contributed by atoms with Crippen LogP contribution in [0.4, 0.5) is 0 Å². The molecule has 0 atom stereocenters. The summed E-state index contributed by atoms with van der Waals surface area (Å²) in [5.41, 5.74) is 0. The van der Waals surface area contributed by atoms with Gasteiger partial charge in [0.1, 0.15) is 0 Å². The zero-order valence-electron chi connectivity index (χ0n) is 19.6. The van der Waals surface area contributed by atoms with Gasteiger partial charge in [0.2, 0.25) is 0 Å². The Kier molecular flexibility index (Phi) is 27.6. The van der Waals surface area contributed by atoms with Gasteiger partial charge >= 0.3 is 17.9 Å². The predicted octanol–water partition coefficient (Wildman–Crippen LogP) is 7.00. The van der Waals surface area contributed by atoms with Crippen molar-refractivity contribution in [2.24, 2.45) is 0 Å². The van der Waals surface area contributed by atoms with E-state index in [4.69, 9.17) is 15.3 Å². The fraction of sp³-hybridized carbons (Fsp3) is 0.875. The van der Waals surface area contributed by atoms with Crippen molar-refractivity contribution in [2.75, 3.05) is 11.5 Å².